The number of hydrogen-bond acceptors (Lipinski definition) is 5. The third kappa shape index (κ3) is 4.22. The minimum absolute atomic E-state index is 0.0643. The van der Waals surface area contributed by atoms with Crippen molar-refractivity contribution in [3.8, 4) is 5.75 Å². The molecule has 1 atom stereocenters. The SMILES string of the molecule is COc1ccc(COC(=O)[C@H]2CC(=O)N(Cc3ccco3)C2)cc1Br. The van der Waals surface area contributed by atoms with Crippen LogP contribution in [-0.2, 0) is 27.5 Å². The monoisotopic (exact) mass is 407 g/mol. The van der Waals surface area contributed by atoms with Crippen LogP contribution in [0.4, 0.5) is 0 Å². The van der Waals surface area contributed by atoms with Crippen molar-refractivity contribution in [3.63, 3.8) is 0 Å². The van der Waals surface area contributed by atoms with Crippen LogP contribution in [0, 0.1) is 5.92 Å². The van der Waals surface area contributed by atoms with Gasteiger partial charge in [-0.25, -0.2) is 0 Å². The number of hydrogen-bond donors (Lipinski definition) is 0. The summed E-state index contributed by atoms with van der Waals surface area (Å²) >= 11 is 3.40. The third-order valence-corrected chi connectivity index (χ3v) is 4.69. The van der Waals surface area contributed by atoms with Crippen LogP contribution in [0.5, 0.6) is 5.75 Å². The van der Waals surface area contributed by atoms with Gasteiger partial charge in [-0.3, -0.25) is 9.59 Å². The lowest BCUT2D eigenvalue weighted by Gasteiger charge is -2.15. The lowest BCUT2D eigenvalue weighted by atomic mass is 10.1. The van der Waals surface area contributed by atoms with Gasteiger partial charge in [0, 0.05) is 13.0 Å². The molecule has 1 aromatic carbocycles. The number of amides is 1. The van der Waals surface area contributed by atoms with E-state index in [4.69, 9.17) is 13.9 Å². The van der Waals surface area contributed by atoms with E-state index in [0.717, 1.165) is 10.0 Å². The maximum absolute atomic E-state index is 12.3. The normalized spacial score (nSPS) is 17.0. The van der Waals surface area contributed by atoms with E-state index in [2.05, 4.69) is 15.9 Å². The van der Waals surface area contributed by atoms with E-state index in [1.165, 1.54) is 0 Å². The van der Waals surface area contributed by atoms with E-state index in [1.54, 1.807) is 36.5 Å². The van der Waals surface area contributed by atoms with Crippen molar-refractivity contribution in [2.75, 3.05) is 13.7 Å². The Bertz CT molecular complexity index is 759. The highest BCUT2D eigenvalue weighted by molar-refractivity contribution is 9.10. The number of carbonyl (C=O) groups excluding carboxylic acids is 2. The van der Waals surface area contributed by atoms with Crippen molar-refractivity contribution >= 4 is 27.8 Å². The molecule has 0 unspecified atom stereocenters. The van der Waals surface area contributed by atoms with Crippen LogP contribution >= 0.6 is 15.9 Å². The largest absolute Gasteiger partial charge is 0.496 e. The molecule has 1 aliphatic rings. The van der Waals surface area contributed by atoms with Gasteiger partial charge >= 0.3 is 5.97 Å². The number of carbonyl (C=O) groups is 2. The molecule has 0 bridgehead atoms. The van der Waals surface area contributed by atoms with E-state index in [0.29, 0.717) is 24.6 Å². The lowest BCUT2D eigenvalue weighted by Crippen LogP contribution is -2.26. The molecule has 0 radical (unpaired) electrons. The number of esters is 1. The van der Waals surface area contributed by atoms with Gasteiger partial charge in [0.1, 0.15) is 18.1 Å². The molecular formula is C18H18BrNO5. The second-order valence-corrected chi connectivity index (χ2v) is 6.69. The summed E-state index contributed by atoms with van der Waals surface area (Å²) in [6.07, 6.45) is 1.74. The molecule has 25 heavy (non-hydrogen) atoms. The highest BCUT2D eigenvalue weighted by atomic mass is 79.9. The number of likely N-dealkylation sites (tertiary alicyclic amines) is 1. The Balaban J connectivity index is 1.53. The van der Waals surface area contributed by atoms with E-state index in [1.807, 2.05) is 12.1 Å². The maximum Gasteiger partial charge on any atom is 0.311 e. The van der Waals surface area contributed by atoms with Crippen LogP contribution in [0.2, 0.25) is 0 Å². The number of benzene rings is 1. The van der Waals surface area contributed by atoms with Gasteiger partial charge in [0.25, 0.3) is 0 Å². The second kappa shape index (κ2) is 7.74. The topological polar surface area (TPSA) is 69.0 Å². The standard InChI is InChI=1S/C18H18BrNO5/c1-23-16-5-4-12(7-15(16)19)11-25-18(22)13-8-17(21)20(9-13)10-14-3-2-6-24-14/h2-7,13H,8-11H2,1H3/t13-/m0/s1. The second-order valence-electron chi connectivity index (χ2n) is 5.83. The first-order chi connectivity index (χ1) is 12.1. The first-order valence-electron chi connectivity index (χ1n) is 7.86. The molecule has 0 aliphatic carbocycles. The molecule has 6 nitrogen and oxygen atoms in total. The van der Waals surface area contributed by atoms with Crippen LogP contribution < -0.4 is 4.74 Å². The van der Waals surface area contributed by atoms with Gasteiger partial charge in [0.2, 0.25) is 5.91 Å². The molecule has 1 aliphatic heterocycles. The average Bonchev–Trinajstić information content (AvgIpc) is 3.23. The first-order valence-corrected chi connectivity index (χ1v) is 8.65. The van der Waals surface area contributed by atoms with Gasteiger partial charge in [-0.1, -0.05) is 6.07 Å². The molecule has 0 N–H and O–H groups in total. The highest BCUT2D eigenvalue weighted by Gasteiger charge is 2.35. The Morgan fingerprint density at radius 3 is 2.92 bits per heavy atom. The van der Waals surface area contributed by atoms with Crippen LogP contribution in [0.25, 0.3) is 0 Å². The van der Waals surface area contributed by atoms with Crippen LogP contribution in [0.15, 0.2) is 45.5 Å². The molecule has 1 saturated heterocycles. The Hall–Kier alpha value is -2.28. The van der Waals surface area contributed by atoms with E-state index in [-0.39, 0.29) is 24.9 Å². The fourth-order valence-electron chi connectivity index (χ4n) is 2.75. The molecule has 3 rings (SSSR count). The number of rotatable bonds is 6. The molecule has 0 saturated carbocycles. The van der Waals surface area contributed by atoms with Gasteiger partial charge in [0.05, 0.1) is 30.3 Å². The minimum atomic E-state index is -0.441. The molecule has 2 aromatic rings. The van der Waals surface area contributed by atoms with Gasteiger partial charge in [-0.2, -0.15) is 0 Å². The van der Waals surface area contributed by atoms with Gasteiger partial charge in [-0.05, 0) is 45.8 Å². The van der Waals surface area contributed by atoms with E-state index in [9.17, 15) is 9.59 Å². The zero-order valence-corrected chi connectivity index (χ0v) is 15.3. The maximum atomic E-state index is 12.3. The summed E-state index contributed by atoms with van der Waals surface area (Å²) in [5.74, 6) is 0.549. The van der Waals surface area contributed by atoms with Crippen LogP contribution in [0.1, 0.15) is 17.7 Å². The quantitative estimate of drug-likeness (QED) is 0.687. The summed E-state index contributed by atoms with van der Waals surface area (Å²) in [5, 5.41) is 0. The third-order valence-electron chi connectivity index (χ3n) is 4.07. The number of ether oxygens (including phenoxy) is 2. The number of halogens is 1. The average molecular weight is 408 g/mol. The molecule has 1 amide bonds. The molecule has 7 heteroatoms. The summed E-state index contributed by atoms with van der Waals surface area (Å²) in [5.41, 5.74) is 0.845. The van der Waals surface area contributed by atoms with E-state index < -0.39 is 5.92 Å². The molecule has 132 valence electrons. The van der Waals surface area contributed by atoms with Crippen molar-refractivity contribution in [2.45, 2.75) is 19.6 Å². The summed E-state index contributed by atoms with van der Waals surface area (Å²) < 4.78 is 16.6. The zero-order valence-electron chi connectivity index (χ0n) is 13.7. The smallest absolute Gasteiger partial charge is 0.311 e. The predicted octanol–water partition coefficient (Wildman–Crippen LogP) is 3.14. The fraction of sp³-hybridized carbons (Fsp3) is 0.333. The van der Waals surface area contributed by atoms with Crippen molar-refractivity contribution in [2.24, 2.45) is 5.92 Å². The number of nitrogens with zero attached hydrogens (tertiary/aromatic N) is 1. The summed E-state index contributed by atoms with van der Waals surface area (Å²) in [6.45, 7) is 0.885. The fourth-order valence-corrected chi connectivity index (χ4v) is 3.33. The van der Waals surface area contributed by atoms with Gasteiger partial charge in [-0.15, -0.1) is 0 Å². The first kappa shape index (κ1) is 17.5. The zero-order chi connectivity index (χ0) is 17.8. The van der Waals surface area contributed by atoms with Crippen molar-refractivity contribution in [3.05, 3.63) is 52.4 Å². The molecular weight excluding hydrogens is 390 g/mol. The lowest BCUT2D eigenvalue weighted by molar-refractivity contribution is -0.149. The summed E-state index contributed by atoms with van der Waals surface area (Å²) in [6, 6.07) is 9.06. The van der Waals surface area contributed by atoms with Crippen molar-refractivity contribution in [1.82, 2.24) is 4.90 Å². The number of furan rings is 1. The molecule has 0 spiro atoms. The number of methoxy groups -OCH3 is 1. The molecule has 1 aromatic heterocycles. The highest BCUT2D eigenvalue weighted by Crippen LogP contribution is 2.26. The van der Waals surface area contributed by atoms with Gasteiger partial charge < -0.3 is 18.8 Å². The Morgan fingerprint density at radius 1 is 1.40 bits per heavy atom. The minimum Gasteiger partial charge on any atom is -0.496 e. The summed E-state index contributed by atoms with van der Waals surface area (Å²) in [4.78, 5) is 25.9. The van der Waals surface area contributed by atoms with Crippen LogP contribution in [0.3, 0.4) is 0 Å². The van der Waals surface area contributed by atoms with Crippen molar-refractivity contribution < 1.29 is 23.5 Å². The Kier molecular flexibility index (Phi) is 5.43. The van der Waals surface area contributed by atoms with Crippen LogP contribution in [-0.4, -0.2) is 30.4 Å². The van der Waals surface area contributed by atoms with Crippen molar-refractivity contribution in [1.29, 1.82) is 0 Å². The Labute approximate surface area is 153 Å². The molecule has 1 fully saturated rings. The Morgan fingerprint density at radius 2 is 2.24 bits per heavy atom. The van der Waals surface area contributed by atoms with E-state index >= 15 is 0 Å². The predicted molar refractivity (Wildman–Crippen MR) is 92.7 cm³/mol. The van der Waals surface area contributed by atoms with Gasteiger partial charge in [0.15, 0.2) is 0 Å². The summed E-state index contributed by atoms with van der Waals surface area (Å²) in [7, 11) is 1.59. The molecule has 2 heterocycles.